The average molecular weight is 241 g/mol. The predicted molar refractivity (Wildman–Crippen MR) is 63.5 cm³/mol. The lowest BCUT2D eigenvalue weighted by atomic mass is 10.3. The molecular formula is C10H15N3O2S. The number of rotatable bonds is 4. The van der Waals surface area contributed by atoms with E-state index in [0.29, 0.717) is 17.4 Å². The highest BCUT2D eigenvalue weighted by Gasteiger charge is 2.28. The van der Waals surface area contributed by atoms with Gasteiger partial charge in [0.1, 0.15) is 5.82 Å². The molecule has 0 spiro atoms. The molecule has 1 fully saturated rings. The van der Waals surface area contributed by atoms with Crippen molar-refractivity contribution < 1.29 is 8.42 Å². The lowest BCUT2D eigenvalue weighted by Gasteiger charge is -2.09. The third kappa shape index (κ3) is 2.85. The highest BCUT2D eigenvalue weighted by molar-refractivity contribution is 7.92. The Labute approximate surface area is 95.1 Å². The fourth-order valence-corrected chi connectivity index (χ4v) is 3.03. The predicted octanol–water partition coefficient (Wildman–Crippen LogP) is 1.12. The van der Waals surface area contributed by atoms with Gasteiger partial charge in [-0.15, -0.1) is 0 Å². The van der Waals surface area contributed by atoms with Gasteiger partial charge in [0.15, 0.2) is 0 Å². The van der Waals surface area contributed by atoms with Crippen molar-refractivity contribution in [1.82, 2.24) is 4.98 Å². The maximum Gasteiger partial charge on any atom is 0.234 e. The summed E-state index contributed by atoms with van der Waals surface area (Å²) in [7, 11) is -3.26. The lowest BCUT2D eigenvalue weighted by molar-refractivity contribution is 0.597. The molecule has 1 aromatic heterocycles. The zero-order valence-corrected chi connectivity index (χ0v) is 9.92. The molecule has 0 aromatic carbocycles. The molecule has 1 aromatic rings. The molecule has 0 atom stereocenters. The van der Waals surface area contributed by atoms with Crippen LogP contribution in [0.3, 0.4) is 0 Å². The van der Waals surface area contributed by atoms with Crippen molar-refractivity contribution in [1.29, 1.82) is 0 Å². The van der Waals surface area contributed by atoms with Crippen molar-refractivity contribution in [2.45, 2.75) is 19.8 Å². The van der Waals surface area contributed by atoms with Crippen LogP contribution in [0.15, 0.2) is 12.3 Å². The number of aryl methyl sites for hydroxylation is 1. The second-order valence-electron chi connectivity index (χ2n) is 4.26. The normalized spacial score (nSPS) is 16.1. The molecule has 88 valence electrons. The Morgan fingerprint density at radius 2 is 2.25 bits per heavy atom. The number of nitrogen functional groups attached to an aromatic ring is 1. The average Bonchev–Trinajstić information content (AvgIpc) is 2.93. The van der Waals surface area contributed by atoms with E-state index in [1.165, 1.54) is 6.20 Å². The SMILES string of the molecule is Cc1cc(N)cnc1NS(=O)(=O)CC1CC1. The van der Waals surface area contributed by atoms with Crippen molar-refractivity contribution in [3.8, 4) is 0 Å². The van der Waals surface area contributed by atoms with Crippen LogP contribution in [0.25, 0.3) is 0 Å². The Morgan fingerprint density at radius 1 is 1.56 bits per heavy atom. The molecule has 0 saturated heterocycles. The number of aromatic nitrogens is 1. The molecule has 5 nitrogen and oxygen atoms in total. The van der Waals surface area contributed by atoms with Crippen LogP contribution in [0.5, 0.6) is 0 Å². The van der Waals surface area contributed by atoms with Gasteiger partial charge in [0.05, 0.1) is 17.6 Å². The van der Waals surface area contributed by atoms with E-state index in [4.69, 9.17) is 5.73 Å². The smallest absolute Gasteiger partial charge is 0.234 e. The summed E-state index contributed by atoms with van der Waals surface area (Å²) in [6.07, 6.45) is 3.46. The highest BCUT2D eigenvalue weighted by Crippen LogP contribution is 2.30. The minimum absolute atomic E-state index is 0.193. The van der Waals surface area contributed by atoms with E-state index in [2.05, 4.69) is 9.71 Å². The van der Waals surface area contributed by atoms with Gasteiger partial charge in [0, 0.05) is 0 Å². The standard InChI is InChI=1S/C10H15N3O2S/c1-7-4-9(11)5-12-10(7)13-16(14,15)6-8-2-3-8/h4-5,8H,2-3,6,11H2,1H3,(H,12,13). The third-order valence-corrected chi connectivity index (χ3v) is 3.92. The van der Waals surface area contributed by atoms with E-state index in [0.717, 1.165) is 18.4 Å². The van der Waals surface area contributed by atoms with Crippen LogP contribution >= 0.6 is 0 Å². The number of anilines is 2. The number of pyridine rings is 1. The Morgan fingerprint density at radius 3 is 2.81 bits per heavy atom. The highest BCUT2D eigenvalue weighted by atomic mass is 32.2. The fraction of sp³-hybridized carbons (Fsp3) is 0.500. The molecule has 16 heavy (non-hydrogen) atoms. The van der Waals surface area contributed by atoms with Crippen molar-refractivity contribution in [2.24, 2.45) is 5.92 Å². The van der Waals surface area contributed by atoms with Crippen LogP contribution in [-0.2, 0) is 10.0 Å². The van der Waals surface area contributed by atoms with E-state index in [9.17, 15) is 8.42 Å². The van der Waals surface area contributed by atoms with Gasteiger partial charge in [0.25, 0.3) is 0 Å². The van der Waals surface area contributed by atoms with E-state index in [1.54, 1.807) is 13.0 Å². The molecule has 2 rings (SSSR count). The third-order valence-electron chi connectivity index (χ3n) is 2.50. The maximum absolute atomic E-state index is 11.7. The number of hydrogen-bond acceptors (Lipinski definition) is 4. The van der Waals surface area contributed by atoms with Crippen molar-refractivity contribution in [3.63, 3.8) is 0 Å². The number of nitrogens with one attached hydrogen (secondary N) is 1. The molecular weight excluding hydrogens is 226 g/mol. The number of nitrogens with zero attached hydrogens (tertiary/aromatic N) is 1. The van der Waals surface area contributed by atoms with Crippen LogP contribution < -0.4 is 10.5 Å². The molecule has 3 N–H and O–H groups in total. The molecule has 0 unspecified atom stereocenters. The van der Waals surface area contributed by atoms with Gasteiger partial charge in [-0.1, -0.05) is 0 Å². The quantitative estimate of drug-likeness (QED) is 0.827. The van der Waals surface area contributed by atoms with Crippen molar-refractivity contribution in [2.75, 3.05) is 16.2 Å². The largest absolute Gasteiger partial charge is 0.397 e. The summed E-state index contributed by atoms with van der Waals surface area (Å²) < 4.78 is 25.9. The Balaban J connectivity index is 2.13. The summed E-state index contributed by atoms with van der Waals surface area (Å²) in [5, 5.41) is 0. The van der Waals surface area contributed by atoms with E-state index < -0.39 is 10.0 Å². The molecule has 1 aliphatic carbocycles. The van der Waals surface area contributed by atoms with Crippen molar-refractivity contribution in [3.05, 3.63) is 17.8 Å². The number of hydrogen-bond donors (Lipinski definition) is 2. The van der Waals surface area contributed by atoms with Gasteiger partial charge in [-0.05, 0) is 37.3 Å². The monoisotopic (exact) mass is 241 g/mol. The first-order valence-corrected chi connectivity index (χ1v) is 6.84. The lowest BCUT2D eigenvalue weighted by Crippen LogP contribution is -2.19. The van der Waals surface area contributed by atoms with Gasteiger partial charge in [-0.25, -0.2) is 13.4 Å². The van der Waals surface area contributed by atoms with Gasteiger partial charge in [-0.3, -0.25) is 4.72 Å². The molecule has 6 heteroatoms. The summed E-state index contributed by atoms with van der Waals surface area (Å²) in [5.41, 5.74) is 6.81. The van der Waals surface area contributed by atoms with Gasteiger partial charge in [-0.2, -0.15) is 0 Å². The van der Waals surface area contributed by atoms with E-state index >= 15 is 0 Å². The molecule has 0 bridgehead atoms. The molecule has 0 radical (unpaired) electrons. The topological polar surface area (TPSA) is 85.1 Å². The molecule has 1 heterocycles. The summed E-state index contributed by atoms with van der Waals surface area (Å²) in [4.78, 5) is 3.98. The van der Waals surface area contributed by atoms with Crippen LogP contribution in [0.4, 0.5) is 11.5 Å². The molecule has 1 saturated carbocycles. The minimum Gasteiger partial charge on any atom is -0.397 e. The molecule has 1 aliphatic rings. The zero-order chi connectivity index (χ0) is 11.8. The summed E-state index contributed by atoms with van der Waals surface area (Å²) in [6, 6.07) is 1.70. The maximum atomic E-state index is 11.7. The first-order chi connectivity index (χ1) is 7.46. The Hall–Kier alpha value is -1.30. The molecule has 0 amide bonds. The number of nitrogens with two attached hydrogens (primary N) is 1. The van der Waals surface area contributed by atoms with Crippen LogP contribution in [0.1, 0.15) is 18.4 Å². The van der Waals surface area contributed by atoms with Gasteiger partial charge in [0.2, 0.25) is 10.0 Å². The van der Waals surface area contributed by atoms with Gasteiger partial charge >= 0.3 is 0 Å². The Kier molecular flexibility index (Phi) is 2.75. The zero-order valence-electron chi connectivity index (χ0n) is 9.10. The molecule has 0 aliphatic heterocycles. The first kappa shape index (κ1) is 11.2. The van der Waals surface area contributed by atoms with Crippen LogP contribution in [-0.4, -0.2) is 19.2 Å². The summed E-state index contributed by atoms with van der Waals surface area (Å²) in [6.45, 7) is 1.78. The fourth-order valence-electron chi connectivity index (χ4n) is 1.49. The van der Waals surface area contributed by atoms with Gasteiger partial charge < -0.3 is 5.73 Å². The Bertz CT molecular complexity index is 495. The summed E-state index contributed by atoms with van der Waals surface area (Å²) in [5.74, 6) is 0.889. The second kappa shape index (κ2) is 3.93. The second-order valence-corrected chi connectivity index (χ2v) is 6.03. The van der Waals surface area contributed by atoms with Crippen molar-refractivity contribution >= 4 is 21.5 Å². The first-order valence-electron chi connectivity index (χ1n) is 5.19. The number of sulfonamides is 1. The van der Waals surface area contributed by atoms with E-state index in [1.807, 2.05) is 0 Å². The van der Waals surface area contributed by atoms with Crippen LogP contribution in [0.2, 0.25) is 0 Å². The summed E-state index contributed by atoms with van der Waals surface area (Å²) >= 11 is 0. The van der Waals surface area contributed by atoms with E-state index in [-0.39, 0.29) is 5.75 Å². The van der Waals surface area contributed by atoms with Crippen LogP contribution in [0, 0.1) is 12.8 Å². The minimum atomic E-state index is -3.26.